The highest BCUT2D eigenvalue weighted by Gasteiger charge is 2.32. The number of benzene rings is 1. The molecule has 0 atom stereocenters. The van der Waals surface area contributed by atoms with Gasteiger partial charge in [0.15, 0.2) is 5.78 Å². The quantitative estimate of drug-likeness (QED) is 0.829. The monoisotopic (exact) mass is 263 g/mol. The molecule has 0 aliphatic heterocycles. The number of hydrogen-bond acceptors (Lipinski definition) is 4. The van der Waals surface area contributed by atoms with Crippen LogP contribution >= 0.6 is 0 Å². The van der Waals surface area contributed by atoms with Gasteiger partial charge in [0, 0.05) is 23.6 Å². The predicted octanol–water partition coefficient (Wildman–Crippen LogP) is 2.55. The maximum atomic E-state index is 12.4. The average Bonchev–Trinajstić information content (AvgIpc) is 2.84. The first-order valence-electron chi connectivity index (χ1n) is 6.61. The minimum Gasteiger partial charge on any atom is -0.497 e. The molecular formula is C15H21NO3. The number of rotatable bonds is 5. The summed E-state index contributed by atoms with van der Waals surface area (Å²) in [6, 6.07) is 5.23. The zero-order valence-corrected chi connectivity index (χ0v) is 11.6. The minimum atomic E-state index is -0.326. The summed E-state index contributed by atoms with van der Waals surface area (Å²) in [5.41, 5.74) is 6.53. The van der Waals surface area contributed by atoms with E-state index in [1.807, 2.05) is 0 Å². The molecule has 0 spiro atoms. The first-order valence-corrected chi connectivity index (χ1v) is 6.61. The molecule has 1 aromatic rings. The van der Waals surface area contributed by atoms with E-state index in [2.05, 4.69) is 0 Å². The highest BCUT2D eigenvalue weighted by molar-refractivity contribution is 5.97. The number of carbonyl (C=O) groups excluding carboxylic acids is 1. The Bertz CT molecular complexity index is 442. The zero-order chi connectivity index (χ0) is 13.9. The minimum absolute atomic E-state index is 0.0570. The first-order chi connectivity index (χ1) is 9.06. The average molecular weight is 263 g/mol. The van der Waals surface area contributed by atoms with Crippen LogP contribution < -0.4 is 15.2 Å². The second-order valence-corrected chi connectivity index (χ2v) is 5.27. The summed E-state index contributed by atoms with van der Waals surface area (Å²) in [5, 5.41) is 0. The van der Waals surface area contributed by atoms with Crippen LogP contribution in [0.15, 0.2) is 18.2 Å². The molecule has 1 fully saturated rings. The van der Waals surface area contributed by atoms with Crippen LogP contribution in [0.4, 0.5) is 0 Å². The van der Waals surface area contributed by atoms with Crippen LogP contribution in [0.25, 0.3) is 0 Å². The summed E-state index contributed by atoms with van der Waals surface area (Å²) in [7, 11) is 3.15. The van der Waals surface area contributed by atoms with E-state index in [4.69, 9.17) is 15.2 Å². The van der Waals surface area contributed by atoms with Crippen LogP contribution in [0.5, 0.6) is 11.5 Å². The van der Waals surface area contributed by atoms with Gasteiger partial charge in [-0.2, -0.15) is 0 Å². The fourth-order valence-electron chi connectivity index (χ4n) is 2.65. The van der Waals surface area contributed by atoms with Gasteiger partial charge >= 0.3 is 0 Å². The van der Waals surface area contributed by atoms with E-state index in [1.165, 1.54) is 0 Å². The molecule has 0 heterocycles. The van der Waals surface area contributed by atoms with Crippen molar-refractivity contribution >= 4 is 5.78 Å². The van der Waals surface area contributed by atoms with Crippen molar-refractivity contribution in [3.8, 4) is 11.5 Å². The molecule has 2 rings (SSSR count). The van der Waals surface area contributed by atoms with Crippen molar-refractivity contribution in [2.75, 3.05) is 14.2 Å². The lowest BCUT2D eigenvalue weighted by Gasteiger charge is -2.22. The fraction of sp³-hybridized carbons (Fsp3) is 0.533. The molecule has 104 valence electrons. The Balaban J connectivity index is 2.18. The lowest BCUT2D eigenvalue weighted by Crippen LogP contribution is -2.38. The van der Waals surface area contributed by atoms with Crippen molar-refractivity contribution in [3.05, 3.63) is 23.8 Å². The summed E-state index contributed by atoms with van der Waals surface area (Å²) < 4.78 is 10.4. The summed E-state index contributed by atoms with van der Waals surface area (Å²) in [6.07, 6.45) is 4.49. The molecule has 0 unspecified atom stereocenters. The Morgan fingerprint density at radius 1 is 1.16 bits per heavy atom. The van der Waals surface area contributed by atoms with E-state index in [-0.39, 0.29) is 11.3 Å². The van der Waals surface area contributed by atoms with E-state index in [0.717, 1.165) is 25.7 Å². The Morgan fingerprint density at radius 3 is 2.16 bits per heavy atom. The molecule has 1 aliphatic carbocycles. The smallest absolute Gasteiger partial charge is 0.164 e. The highest BCUT2D eigenvalue weighted by atomic mass is 16.5. The van der Waals surface area contributed by atoms with Crippen LogP contribution in [0, 0.1) is 0 Å². The zero-order valence-electron chi connectivity index (χ0n) is 11.6. The molecule has 0 amide bonds. The molecule has 0 bridgehead atoms. The molecule has 19 heavy (non-hydrogen) atoms. The molecule has 0 saturated heterocycles. The number of nitrogens with two attached hydrogens (primary N) is 1. The number of ketones is 1. The molecule has 0 aromatic heterocycles. The summed E-state index contributed by atoms with van der Waals surface area (Å²) in [4.78, 5) is 12.4. The largest absolute Gasteiger partial charge is 0.497 e. The van der Waals surface area contributed by atoms with E-state index in [1.54, 1.807) is 32.4 Å². The lowest BCUT2D eigenvalue weighted by atomic mass is 9.90. The van der Waals surface area contributed by atoms with Crippen LogP contribution in [0.3, 0.4) is 0 Å². The SMILES string of the molecule is COc1cc(OC)cc(C(=O)CC2(N)CCCC2)c1. The number of carbonyl (C=O) groups is 1. The van der Waals surface area contributed by atoms with Gasteiger partial charge in [-0.05, 0) is 25.0 Å². The maximum Gasteiger partial charge on any atom is 0.164 e. The third-order valence-electron chi connectivity index (χ3n) is 3.79. The first kappa shape index (κ1) is 13.9. The number of methoxy groups -OCH3 is 2. The highest BCUT2D eigenvalue weighted by Crippen LogP contribution is 2.32. The van der Waals surface area contributed by atoms with Crippen molar-refractivity contribution in [2.45, 2.75) is 37.6 Å². The van der Waals surface area contributed by atoms with Crippen molar-refractivity contribution in [1.29, 1.82) is 0 Å². The standard InChI is InChI=1S/C15H21NO3/c1-18-12-7-11(8-13(9-12)19-2)14(17)10-15(16)5-3-4-6-15/h7-9H,3-6,10,16H2,1-2H3. The summed E-state index contributed by atoms with van der Waals surface area (Å²) in [5.74, 6) is 1.31. The summed E-state index contributed by atoms with van der Waals surface area (Å²) in [6.45, 7) is 0. The van der Waals surface area contributed by atoms with Crippen LogP contribution in [-0.2, 0) is 0 Å². The number of ether oxygens (including phenoxy) is 2. The lowest BCUT2D eigenvalue weighted by molar-refractivity contribution is 0.0951. The molecule has 4 heteroatoms. The predicted molar refractivity (Wildman–Crippen MR) is 73.9 cm³/mol. The van der Waals surface area contributed by atoms with E-state index < -0.39 is 0 Å². The molecular weight excluding hydrogens is 242 g/mol. The molecule has 1 aromatic carbocycles. The van der Waals surface area contributed by atoms with Crippen molar-refractivity contribution < 1.29 is 14.3 Å². The van der Waals surface area contributed by atoms with Crippen molar-refractivity contribution in [2.24, 2.45) is 5.73 Å². The van der Waals surface area contributed by atoms with Gasteiger partial charge in [0.2, 0.25) is 0 Å². The van der Waals surface area contributed by atoms with Gasteiger partial charge in [0.25, 0.3) is 0 Å². The maximum absolute atomic E-state index is 12.4. The van der Waals surface area contributed by atoms with Gasteiger partial charge < -0.3 is 15.2 Å². The normalized spacial score (nSPS) is 17.2. The van der Waals surface area contributed by atoms with Crippen LogP contribution in [0.2, 0.25) is 0 Å². The van der Waals surface area contributed by atoms with E-state index in [0.29, 0.717) is 23.5 Å². The topological polar surface area (TPSA) is 61.5 Å². The number of hydrogen-bond donors (Lipinski definition) is 1. The summed E-state index contributed by atoms with van der Waals surface area (Å²) >= 11 is 0. The van der Waals surface area contributed by atoms with E-state index >= 15 is 0 Å². The Hall–Kier alpha value is -1.55. The molecule has 2 N–H and O–H groups in total. The van der Waals surface area contributed by atoms with Gasteiger partial charge in [0.1, 0.15) is 11.5 Å². The Morgan fingerprint density at radius 2 is 1.68 bits per heavy atom. The second kappa shape index (κ2) is 5.61. The number of Topliss-reactive ketones (excluding diaryl/α,β-unsaturated/α-hetero) is 1. The fourth-order valence-corrected chi connectivity index (χ4v) is 2.65. The van der Waals surface area contributed by atoms with Crippen molar-refractivity contribution in [1.82, 2.24) is 0 Å². The van der Waals surface area contributed by atoms with Crippen molar-refractivity contribution in [3.63, 3.8) is 0 Å². The van der Waals surface area contributed by atoms with Gasteiger partial charge in [-0.15, -0.1) is 0 Å². The Kier molecular flexibility index (Phi) is 4.10. The van der Waals surface area contributed by atoms with Crippen LogP contribution in [-0.4, -0.2) is 25.5 Å². The van der Waals surface area contributed by atoms with Crippen LogP contribution in [0.1, 0.15) is 42.5 Å². The second-order valence-electron chi connectivity index (χ2n) is 5.27. The molecule has 1 aliphatic rings. The van der Waals surface area contributed by atoms with E-state index in [9.17, 15) is 4.79 Å². The van der Waals surface area contributed by atoms with Gasteiger partial charge in [-0.1, -0.05) is 12.8 Å². The van der Waals surface area contributed by atoms with Gasteiger partial charge in [-0.3, -0.25) is 4.79 Å². The molecule has 1 saturated carbocycles. The van der Waals surface area contributed by atoms with Gasteiger partial charge in [-0.25, -0.2) is 0 Å². The molecule has 0 radical (unpaired) electrons. The third-order valence-corrected chi connectivity index (χ3v) is 3.79. The van der Waals surface area contributed by atoms with Gasteiger partial charge in [0.05, 0.1) is 14.2 Å². The third kappa shape index (κ3) is 3.26. The molecule has 4 nitrogen and oxygen atoms in total. The Labute approximate surface area is 113 Å².